The van der Waals surface area contributed by atoms with Gasteiger partial charge in [0.2, 0.25) is 0 Å². The van der Waals surface area contributed by atoms with Gasteiger partial charge in [-0.05, 0) is 12.8 Å². The van der Waals surface area contributed by atoms with Crippen LogP contribution in [0.5, 0.6) is 0 Å². The van der Waals surface area contributed by atoms with Crippen LogP contribution in [0.1, 0.15) is 39.0 Å². The van der Waals surface area contributed by atoms with E-state index in [0.29, 0.717) is 0 Å². The summed E-state index contributed by atoms with van der Waals surface area (Å²) in [7, 11) is 0. The third kappa shape index (κ3) is 7.55. The van der Waals surface area contributed by atoms with Crippen LogP contribution in [0.4, 0.5) is 0 Å². The van der Waals surface area contributed by atoms with Crippen LogP contribution in [0.15, 0.2) is 24.8 Å². The Morgan fingerprint density at radius 1 is 1.33 bits per heavy atom. The van der Waals surface area contributed by atoms with Crippen LogP contribution in [0, 0.1) is 0 Å². The van der Waals surface area contributed by atoms with Gasteiger partial charge in [-0.3, -0.25) is 0 Å². The highest BCUT2D eigenvalue weighted by Gasteiger charge is 1.88. The number of unbranched alkanes of at least 4 members (excludes halogenated alkanes) is 4. The number of aliphatic hydroxyl groups excluding tert-OH is 1. The Labute approximate surface area is 75.8 Å². The van der Waals surface area contributed by atoms with Crippen molar-refractivity contribution in [3.8, 4) is 0 Å². The molecule has 0 unspecified atom stereocenters. The van der Waals surface area contributed by atoms with Gasteiger partial charge in [0.1, 0.15) is 0 Å². The highest BCUT2D eigenvalue weighted by molar-refractivity contribution is 4.97. The molecule has 0 aromatic carbocycles. The maximum absolute atomic E-state index is 9.06. The van der Waals surface area contributed by atoms with Crippen LogP contribution in [0.3, 0.4) is 0 Å². The van der Waals surface area contributed by atoms with E-state index in [1.54, 1.807) is 6.08 Å². The predicted molar refractivity (Wildman–Crippen MR) is 54.1 cm³/mol. The quantitative estimate of drug-likeness (QED) is 0.457. The van der Waals surface area contributed by atoms with Crippen molar-refractivity contribution in [3.63, 3.8) is 0 Å². The summed E-state index contributed by atoms with van der Waals surface area (Å²) in [5, 5.41) is 9.06. The van der Waals surface area contributed by atoms with Crippen molar-refractivity contribution in [2.45, 2.75) is 45.1 Å². The Balaban J connectivity index is 3.18. The molecule has 0 rings (SSSR count). The normalized spacial score (nSPS) is 13.5. The van der Waals surface area contributed by atoms with E-state index in [1.807, 2.05) is 6.08 Å². The van der Waals surface area contributed by atoms with Crippen LogP contribution in [-0.2, 0) is 0 Å². The highest BCUT2D eigenvalue weighted by atomic mass is 16.3. The number of allylic oxidation sites excluding steroid dienone is 1. The molecular weight excluding hydrogens is 148 g/mol. The summed E-state index contributed by atoms with van der Waals surface area (Å²) in [5.74, 6) is 0. The van der Waals surface area contributed by atoms with Gasteiger partial charge in [0, 0.05) is 0 Å². The van der Waals surface area contributed by atoms with Gasteiger partial charge in [0.05, 0.1) is 6.10 Å². The van der Waals surface area contributed by atoms with Crippen LogP contribution >= 0.6 is 0 Å². The highest BCUT2D eigenvalue weighted by Crippen LogP contribution is 2.03. The van der Waals surface area contributed by atoms with Crippen LogP contribution in [-0.4, -0.2) is 11.2 Å². The molecule has 0 saturated carbocycles. The summed E-state index contributed by atoms with van der Waals surface area (Å²) in [4.78, 5) is 0. The van der Waals surface area contributed by atoms with Crippen molar-refractivity contribution >= 4 is 0 Å². The summed E-state index contributed by atoms with van der Waals surface area (Å²) in [6.07, 6.45) is 11.1. The zero-order valence-corrected chi connectivity index (χ0v) is 8.00. The predicted octanol–water partition coefficient (Wildman–Crippen LogP) is 3.06. The van der Waals surface area contributed by atoms with Crippen molar-refractivity contribution in [1.29, 1.82) is 0 Å². The van der Waals surface area contributed by atoms with Gasteiger partial charge in [-0.1, -0.05) is 44.4 Å². The molecule has 0 fully saturated rings. The smallest absolute Gasteiger partial charge is 0.0899 e. The second kappa shape index (κ2) is 8.54. The molecule has 1 N–H and O–H groups in total. The minimum absolute atomic E-state index is 0.462. The third-order valence-electron chi connectivity index (χ3n) is 1.80. The van der Waals surface area contributed by atoms with E-state index in [2.05, 4.69) is 13.5 Å². The van der Waals surface area contributed by atoms with E-state index in [0.717, 1.165) is 6.42 Å². The summed E-state index contributed by atoms with van der Waals surface area (Å²) < 4.78 is 0. The lowest BCUT2D eigenvalue weighted by Gasteiger charge is -1.96. The lowest BCUT2D eigenvalue weighted by molar-refractivity contribution is 0.271. The molecular formula is C11H20O. The molecule has 0 aliphatic heterocycles. The average molecular weight is 168 g/mol. The Morgan fingerprint density at radius 3 is 2.67 bits per heavy atom. The minimum atomic E-state index is -0.462. The van der Waals surface area contributed by atoms with Gasteiger partial charge in [-0.25, -0.2) is 0 Å². The van der Waals surface area contributed by atoms with E-state index in [9.17, 15) is 0 Å². The molecule has 0 radical (unpaired) electrons. The molecule has 0 aliphatic rings. The fourth-order valence-electron chi connectivity index (χ4n) is 1.00. The lowest BCUT2D eigenvalue weighted by atomic mass is 10.1. The molecule has 0 bridgehead atoms. The van der Waals surface area contributed by atoms with Crippen LogP contribution in [0.25, 0.3) is 0 Å². The molecule has 0 spiro atoms. The van der Waals surface area contributed by atoms with E-state index >= 15 is 0 Å². The number of hydrogen-bond acceptors (Lipinski definition) is 1. The molecule has 12 heavy (non-hydrogen) atoms. The van der Waals surface area contributed by atoms with Gasteiger partial charge in [0.25, 0.3) is 0 Å². The van der Waals surface area contributed by atoms with E-state index < -0.39 is 6.10 Å². The number of aliphatic hydroxyl groups is 1. The number of hydrogen-bond donors (Lipinski definition) is 1. The molecule has 0 aromatic rings. The van der Waals surface area contributed by atoms with Gasteiger partial charge >= 0.3 is 0 Å². The maximum Gasteiger partial charge on any atom is 0.0899 e. The monoisotopic (exact) mass is 168 g/mol. The third-order valence-corrected chi connectivity index (χ3v) is 1.80. The maximum atomic E-state index is 9.06. The van der Waals surface area contributed by atoms with E-state index in [-0.39, 0.29) is 0 Å². The van der Waals surface area contributed by atoms with Crippen molar-refractivity contribution in [1.82, 2.24) is 0 Å². The molecule has 70 valence electrons. The second-order valence-electron chi connectivity index (χ2n) is 3.00. The first-order valence-corrected chi connectivity index (χ1v) is 4.78. The molecule has 1 atom stereocenters. The topological polar surface area (TPSA) is 20.2 Å². The molecule has 0 aromatic heterocycles. The SMILES string of the molecule is C=C[C@H](O)/C=C\CCCCCC. The largest absolute Gasteiger partial charge is 0.385 e. The van der Waals surface area contributed by atoms with Crippen molar-refractivity contribution < 1.29 is 5.11 Å². The summed E-state index contributed by atoms with van der Waals surface area (Å²) in [6.45, 7) is 5.69. The Bertz CT molecular complexity index is 127. The Hall–Kier alpha value is -0.560. The van der Waals surface area contributed by atoms with E-state index in [1.165, 1.54) is 31.8 Å². The van der Waals surface area contributed by atoms with Crippen molar-refractivity contribution in [3.05, 3.63) is 24.8 Å². The van der Waals surface area contributed by atoms with Gasteiger partial charge in [-0.15, -0.1) is 6.58 Å². The summed E-state index contributed by atoms with van der Waals surface area (Å²) in [5.41, 5.74) is 0. The van der Waals surface area contributed by atoms with Gasteiger partial charge in [-0.2, -0.15) is 0 Å². The molecule has 0 heterocycles. The van der Waals surface area contributed by atoms with Crippen molar-refractivity contribution in [2.75, 3.05) is 0 Å². The van der Waals surface area contributed by atoms with Gasteiger partial charge in [0.15, 0.2) is 0 Å². The average Bonchev–Trinajstić information content (AvgIpc) is 2.10. The first kappa shape index (κ1) is 11.4. The van der Waals surface area contributed by atoms with Gasteiger partial charge < -0.3 is 5.11 Å². The first-order chi connectivity index (χ1) is 5.81. The fraction of sp³-hybridized carbons (Fsp3) is 0.636. The molecule has 1 heteroatoms. The minimum Gasteiger partial charge on any atom is -0.385 e. The molecule has 0 saturated heterocycles. The standard InChI is InChI=1S/C11H20O/c1-3-5-6-7-8-9-10-11(12)4-2/h4,9-12H,2-3,5-8H2,1H3/b10-9-/t11-/m0/s1. The van der Waals surface area contributed by atoms with Crippen LogP contribution < -0.4 is 0 Å². The zero-order chi connectivity index (χ0) is 9.23. The lowest BCUT2D eigenvalue weighted by Crippen LogP contribution is -1.93. The first-order valence-electron chi connectivity index (χ1n) is 4.78. The molecule has 1 nitrogen and oxygen atoms in total. The fourth-order valence-corrected chi connectivity index (χ4v) is 1.00. The van der Waals surface area contributed by atoms with Crippen molar-refractivity contribution in [2.24, 2.45) is 0 Å². The second-order valence-corrected chi connectivity index (χ2v) is 3.00. The molecule has 0 amide bonds. The summed E-state index contributed by atoms with van der Waals surface area (Å²) >= 11 is 0. The summed E-state index contributed by atoms with van der Waals surface area (Å²) in [6, 6.07) is 0. The zero-order valence-electron chi connectivity index (χ0n) is 8.00. The molecule has 0 aliphatic carbocycles. The van der Waals surface area contributed by atoms with E-state index in [4.69, 9.17) is 5.11 Å². The number of rotatable bonds is 7. The Morgan fingerprint density at radius 2 is 2.08 bits per heavy atom. The Kier molecular flexibility index (Phi) is 8.14. The van der Waals surface area contributed by atoms with Crippen LogP contribution in [0.2, 0.25) is 0 Å².